The highest BCUT2D eigenvalue weighted by molar-refractivity contribution is 8.26. The number of rotatable bonds is 6. The van der Waals surface area contributed by atoms with Crippen LogP contribution in [0.4, 0.5) is 0 Å². The lowest BCUT2D eigenvalue weighted by atomic mass is 10.2. The standard InChI is InChI=1S/C18H20N2O5S3/c1-25-14-4-2-12(3-5-14)10-15-17(22)20(18(26)27-15)8-6-16(21)19-13-7-9-28(23,24)11-13/h2-5,10,13H,6-9,11H2,1H3,(H,19,21)/b15-10-. The number of benzene rings is 1. The van der Waals surface area contributed by atoms with Crippen LogP contribution in [0.5, 0.6) is 5.75 Å². The van der Waals surface area contributed by atoms with Crippen molar-refractivity contribution in [2.24, 2.45) is 0 Å². The number of carbonyl (C=O) groups excluding carboxylic acids is 2. The average molecular weight is 441 g/mol. The minimum absolute atomic E-state index is 0.0234. The van der Waals surface area contributed by atoms with E-state index < -0.39 is 9.84 Å². The summed E-state index contributed by atoms with van der Waals surface area (Å²) in [5.41, 5.74) is 0.849. The van der Waals surface area contributed by atoms with Gasteiger partial charge in [-0.2, -0.15) is 0 Å². The van der Waals surface area contributed by atoms with E-state index in [1.165, 1.54) is 16.7 Å². The lowest BCUT2D eigenvalue weighted by Gasteiger charge is -2.15. The summed E-state index contributed by atoms with van der Waals surface area (Å²) in [7, 11) is -1.46. The largest absolute Gasteiger partial charge is 0.497 e. The topological polar surface area (TPSA) is 92.8 Å². The van der Waals surface area contributed by atoms with E-state index in [2.05, 4.69) is 5.32 Å². The Balaban J connectivity index is 1.56. The van der Waals surface area contributed by atoms with Crippen molar-refractivity contribution >= 4 is 56.0 Å². The van der Waals surface area contributed by atoms with Gasteiger partial charge in [0.05, 0.1) is 23.5 Å². The van der Waals surface area contributed by atoms with Gasteiger partial charge in [-0.25, -0.2) is 8.42 Å². The number of thiocarbonyl (C=S) groups is 1. The molecule has 0 bridgehead atoms. The molecule has 0 spiro atoms. The molecule has 1 aromatic rings. The summed E-state index contributed by atoms with van der Waals surface area (Å²) in [6.07, 6.45) is 2.25. The van der Waals surface area contributed by atoms with Crippen LogP contribution in [-0.2, 0) is 19.4 Å². The predicted octanol–water partition coefficient (Wildman–Crippen LogP) is 1.59. The van der Waals surface area contributed by atoms with Gasteiger partial charge in [-0.05, 0) is 30.2 Å². The number of methoxy groups -OCH3 is 1. The van der Waals surface area contributed by atoms with Crippen molar-refractivity contribution in [2.75, 3.05) is 25.2 Å². The lowest BCUT2D eigenvalue weighted by Crippen LogP contribution is -2.38. The first-order chi connectivity index (χ1) is 13.3. The third kappa shape index (κ3) is 5.12. The van der Waals surface area contributed by atoms with E-state index in [0.717, 1.165) is 11.3 Å². The molecule has 7 nitrogen and oxygen atoms in total. The van der Waals surface area contributed by atoms with Gasteiger partial charge < -0.3 is 10.1 Å². The van der Waals surface area contributed by atoms with Crippen molar-refractivity contribution in [2.45, 2.75) is 18.9 Å². The normalized spacial score (nSPS) is 22.7. The molecule has 1 aromatic carbocycles. The predicted molar refractivity (Wildman–Crippen MR) is 113 cm³/mol. The number of hydrogen-bond acceptors (Lipinski definition) is 7. The molecule has 0 aromatic heterocycles. The van der Waals surface area contributed by atoms with Crippen LogP contribution in [0.2, 0.25) is 0 Å². The molecule has 1 unspecified atom stereocenters. The molecule has 0 aliphatic carbocycles. The Morgan fingerprint density at radius 3 is 2.71 bits per heavy atom. The molecule has 2 heterocycles. The molecule has 2 amide bonds. The Kier molecular flexibility index (Phi) is 6.41. The molecule has 0 radical (unpaired) electrons. The number of amides is 2. The second kappa shape index (κ2) is 8.62. The molecule has 28 heavy (non-hydrogen) atoms. The zero-order valence-electron chi connectivity index (χ0n) is 15.2. The minimum atomic E-state index is -3.05. The average Bonchev–Trinajstić information content (AvgIpc) is 3.12. The van der Waals surface area contributed by atoms with Crippen molar-refractivity contribution in [3.05, 3.63) is 34.7 Å². The summed E-state index contributed by atoms with van der Waals surface area (Å²) in [6.45, 7) is 0.163. The summed E-state index contributed by atoms with van der Waals surface area (Å²) in [5, 5.41) is 2.72. The summed E-state index contributed by atoms with van der Waals surface area (Å²) in [4.78, 5) is 26.6. The van der Waals surface area contributed by atoms with E-state index in [4.69, 9.17) is 17.0 Å². The van der Waals surface area contributed by atoms with Crippen LogP contribution < -0.4 is 10.1 Å². The Hall–Kier alpha value is -1.91. The van der Waals surface area contributed by atoms with Crippen LogP contribution in [0.3, 0.4) is 0 Å². The highest BCUT2D eigenvalue weighted by Crippen LogP contribution is 2.32. The Labute approximate surface area is 173 Å². The van der Waals surface area contributed by atoms with Gasteiger partial charge >= 0.3 is 0 Å². The molecule has 1 atom stereocenters. The molecule has 150 valence electrons. The highest BCUT2D eigenvalue weighted by Gasteiger charge is 2.33. The fourth-order valence-electron chi connectivity index (χ4n) is 2.97. The molecule has 10 heteroatoms. The first-order valence-electron chi connectivity index (χ1n) is 8.66. The first kappa shape index (κ1) is 20.8. The number of carbonyl (C=O) groups is 2. The maximum absolute atomic E-state index is 12.6. The number of hydrogen-bond donors (Lipinski definition) is 1. The van der Waals surface area contributed by atoms with Crippen molar-refractivity contribution in [1.82, 2.24) is 10.2 Å². The van der Waals surface area contributed by atoms with Gasteiger partial charge in [-0.3, -0.25) is 14.5 Å². The Morgan fingerprint density at radius 1 is 1.39 bits per heavy atom. The van der Waals surface area contributed by atoms with Gasteiger partial charge in [-0.15, -0.1) is 0 Å². The summed E-state index contributed by atoms with van der Waals surface area (Å²) < 4.78 is 28.4. The van der Waals surface area contributed by atoms with Crippen LogP contribution >= 0.6 is 24.0 Å². The van der Waals surface area contributed by atoms with E-state index in [0.29, 0.717) is 15.6 Å². The smallest absolute Gasteiger partial charge is 0.266 e. The summed E-state index contributed by atoms with van der Waals surface area (Å²) in [5.74, 6) is 0.288. The number of ether oxygens (including phenoxy) is 1. The van der Waals surface area contributed by atoms with Crippen molar-refractivity contribution < 1.29 is 22.7 Å². The van der Waals surface area contributed by atoms with E-state index >= 15 is 0 Å². The quantitative estimate of drug-likeness (QED) is 0.530. The molecule has 0 saturated carbocycles. The number of thioether (sulfide) groups is 1. The zero-order valence-corrected chi connectivity index (χ0v) is 17.7. The number of nitrogens with one attached hydrogen (secondary N) is 1. The van der Waals surface area contributed by atoms with Gasteiger partial charge in [0.2, 0.25) is 5.91 Å². The van der Waals surface area contributed by atoms with E-state index in [1.807, 2.05) is 12.1 Å². The Morgan fingerprint density at radius 2 is 2.11 bits per heavy atom. The van der Waals surface area contributed by atoms with Gasteiger partial charge in [0.25, 0.3) is 5.91 Å². The Bertz CT molecular complexity index is 925. The van der Waals surface area contributed by atoms with Crippen LogP contribution in [0.15, 0.2) is 29.2 Å². The maximum Gasteiger partial charge on any atom is 0.266 e. The second-order valence-electron chi connectivity index (χ2n) is 6.52. The van der Waals surface area contributed by atoms with Crippen LogP contribution in [0.25, 0.3) is 6.08 Å². The molecule has 3 rings (SSSR count). The van der Waals surface area contributed by atoms with Crippen LogP contribution in [0.1, 0.15) is 18.4 Å². The van der Waals surface area contributed by atoms with Gasteiger partial charge in [0, 0.05) is 19.0 Å². The fourth-order valence-corrected chi connectivity index (χ4v) is 5.95. The van der Waals surface area contributed by atoms with E-state index in [1.54, 1.807) is 25.3 Å². The molecule has 1 N–H and O–H groups in total. The summed E-state index contributed by atoms with van der Waals surface area (Å²) in [6, 6.07) is 6.95. The van der Waals surface area contributed by atoms with E-state index in [9.17, 15) is 18.0 Å². The van der Waals surface area contributed by atoms with Crippen LogP contribution in [-0.4, -0.2) is 60.7 Å². The lowest BCUT2D eigenvalue weighted by molar-refractivity contribution is -0.124. The van der Waals surface area contributed by atoms with Crippen LogP contribution in [0, 0.1) is 0 Å². The molecular formula is C18H20N2O5S3. The molecule has 2 saturated heterocycles. The summed E-state index contributed by atoms with van der Waals surface area (Å²) >= 11 is 6.47. The minimum Gasteiger partial charge on any atom is -0.497 e. The van der Waals surface area contributed by atoms with Gasteiger partial charge in [-0.1, -0.05) is 36.1 Å². The third-order valence-corrected chi connectivity index (χ3v) is 7.59. The van der Waals surface area contributed by atoms with Gasteiger partial charge in [0.1, 0.15) is 10.1 Å². The van der Waals surface area contributed by atoms with Crippen molar-refractivity contribution in [3.63, 3.8) is 0 Å². The van der Waals surface area contributed by atoms with Crippen molar-refractivity contribution in [3.8, 4) is 5.75 Å². The first-order valence-corrected chi connectivity index (χ1v) is 11.7. The number of nitrogens with zero attached hydrogens (tertiary/aromatic N) is 1. The molecule has 2 aliphatic rings. The maximum atomic E-state index is 12.6. The zero-order chi connectivity index (χ0) is 20.3. The van der Waals surface area contributed by atoms with Gasteiger partial charge in [0.15, 0.2) is 9.84 Å². The van der Waals surface area contributed by atoms with E-state index in [-0.39, 0.29) is 42.3 Å². The number of sulfone groups is 1. The fraction of sp³-hybridized carbons (Fsp3) is 0.389. The SMILES string of the molecule is COc1ccc(/C=C2\SC(=S)N(CCC(=O)NC3CCS(=O)(=O)C3)C2=O)cc1. The molecular weight excluding hydrogens is 420 g/mol. The monoisotopic (exact) mass is 440 g/mol. The second-order valence-corrected chi connectivity index (χ2v) is 10.4. The molecule has 2 fully saturated rings. The molecule has 2 aliphatic heterocycles. The highest BCUT2D eigenvalue weighted by atomic mass is 32.2. The third-order valence-electron chi connectivity index (χ3n) is 4.45. The van der Waals surface area contributed by atoms with Crippen molar-refractivity contribution in [1.29, 1.82) is 0 Å².